The molecule has 0 unspecified atom stereocenters. The van der Waals surface area contributed by atoms with E-state index in [0.717, 1.165) is 28.9 Å². The molecule has 116 valence electrons. The summed E-state index contributed by atoms with van der Waals surface area (Å²) in [6.45, 7) is 5.99. The van der Waals surface area contributed by atoms with Crippen molar-refractivity contribution in [2.45, 2.75) is 33.6 Å². The summed E-state index contributed by atoms with van der Waals surface area (Å²) < 4.78 is 0. The standard InChI is InChI=1S/C17H20ClN3O/c1-4-5-16(22)21-15-7-6-13(10-19-15)20-17-12(3)8-11(2)9-14(17)18/h6-10,20H,4-5H2,1-3H3,(H,19,21,22). The first-order valence-electron chi connectivity index (χ1n) is 7.29. The van der Waals surface area contributed by atoms with Crippen LogP contribution in [-0.4, -0.2) is 10.9 Å². The molecule has 1 amide bonds. The summed E-state index contributed by atoms with van der Waals surface area (Å²) in [5, 5.41) is 6.71. The van der Waals surface area contributed by atoms with E-state index in [4.69, 9.17) is 11.6 Å². The van der Waals surface area contributed by atoms with Gasteiger partial charge >= 0.3 is 0 Å². The molecule has 4 nitrogen and oxygen atoms in total. The van der Waals surface area contributed by atoms with Crippen LogP contribution in [0.4, 0.5) is 17.2 Å². The zero-order valence-electron chi connectivity index (χ0n) is 13.0. The molecule has 0 aliphatic rings. The Hall–Kier alpha value is -2.07. The fraction of sp³-hybridized carbons (Fsp3) is 0.294. The van der Waals surface area contributed by atoms with Gasteiger partial charge in [0.05, 0.1) is 22.6 Å². The monoisotopic (exact) mass is 317 g/mol. The molecular weight excluding hydrogens is 298 g/mol. The highest BCUT2D eigenvalue weighted by Crippen LogP contribution is 2.30. The van der Waals surface area contributed by atoms with Gasteiger partial charge in [-0.1, -0.05) is 24.6 Å². The van der Waals surface area contributed by atoms with E-state index in [1.807, 2.05) is 32.9 Å². The predicted octanol–water partition coefficient (Wildman–Crippen LogP) is 4.83. The quantitative estimate of drug-likeness (QED) is 0.830. The molecule has 0 saturated heterocycles. The molecule has 0 radical (unpaired) electrons. The van der Waals surface area contributed by atoms with Gasteiger partial charge in [-0.3, -0.25) is 4.79 Å². The first-order valence-corrected chi connectivity index (χ1v) is 7.67. The molecule has 0 saturated carbocycles. The highest BCUT2D eigenvalue weighted by molar-refractivity contribution is 6.33. The van der Waals surface area contributed by atoms with Gasteiger partial charge in [-0.25, -0.2) is 4.98 Å². The summed E-state index contributed by atoms with van der Waals surface area (Å²) >= 11 is 6.28. The molecule has 0 fully saturated rings. The zero-order valence-corrected chi connectivity index (χ0v) is 13.8. The second-order valence-electron chi connectivity index (χ2n) is 5.29. The molecule has 0 aliphatic heterocycles. The number of halogens is 1. The molecule has 1 heterocycles. The first-order chi connectivity index (χ1) is 10.5. The number of nitrogens with zero attached hydrogens (tertiary/aromatic N) is 1. The lowest BCUT2D eigenvalue weighted by Crippen LogP contribution is -2.11. The van der Waals surface area contributed by atoms with Crippen LogP contribution < -0.4 is 10.6 Å². The van der Waals surface area contributed by atoms with Crippen molar-refractivity contribution in [3.8, 4) is 0 Å². The van der Waals surface area contributed by atoms with Crippen LogP contribution >= 0.6 is 11.6 Å². The molecule has 22 heavy (non-hydrogen) atoms. The van der Waals surface area contributed by atoms with Crippen molar-refractivity contribution in [3.05, 3.63) is 46.6 Å². The van der Waals surface area contributed by atoms with Crippen LogP contribution in [0.25, 0.3) is 0 Å². The maximum Gasteiger partial charge on any atom is 0.225 e. The SMILES string of the molecule is CCCC(=O)Nc1ccc(Nc2c(C)cc(C)cc2Cl)cn1. The Balaban J connectivity index is 2.10. The van der Waals surface area contributed by atoms with Crippen LogP contribution in [-0.2, 0) is 4.79 Å². The van der Waals surface area contributed by atoms with E-state index in [9.17, 15) is 4.79 Å². The number of benzene rings is 1. The lowest BCUT2D eigenvalue weighted by atomic mass is 10.1. The number of hydrogen-bond acceptors (Lipinski definition) is 3. The lowest BCUT2D eigenvalue weighted by Gasteiger charge is -2.13. The molecule has 2 N–H and O–H groups in total. The second kappa shape index (κ2) is 7.27. The van der Waals surface area contributed by atoms with E-state index in [1.165, 1.54) is 0 Å². The summed E-state index contributed by atoms with van der Waals surface area (Å²) in [6, 6.07) is 7.63. The van der Waals surface area contributed by atoms with Crippen molar-refractivity contribution in [2.75, 3.05) is 10.6 Å². The van der Waals surface area contributed by atoms with Crippen molar-refractivity contribution in [3.63, 3.8) is 0 Å². The van der Waals surface area contributed by atoms with Crippen molar-refractivity contribution >= 4 is 34.7 Å². The Kier molecular flexibility index (Phi) is 5.39. The molecule has 0 spiro atoms. The zero-order chi connectivity index (χ0) is 16.1. The average molecular weight is 318 g/mol. The lowest BCUT2D eigenvalue weighted by molar-refractivity contribution is -0.116. The van der Waals surface area contributed by atoms with Gasteiger partial charge in [-0.2, -0.15) is 0 Å². The molecule has 1 aromatic heterocycles. The van der Waals surface area contributed by atoms with E-state index < -0.39 is 0 Å². The third-order valence-electron chi connectivity index (χ3n) is 3.21. The van der Waals surface area contributed by atoms with E-state index in [2.05, 4.69) is 21.7 Å². The Bertz CT molecular complexity index is 645. The predicted molar refractivity (Wildman–Crippen MR) is 92.0 cm³/mol. The molecule has 1 aromatic carbocycles. The number of carbonyl (C=O) groups excluding carboxylic acids is 1. The Morgan fingerprint density at radius 3 is 2.64 bits per heavy atom. The number of hydrogen-bond donors (Lipinski definition) is 2. The number of aromatic nitrogens is 1. The Labute approximate surface area is 135 Å². The molecule has 0 bridgehead atoms. The van der Waals surface area contributed by atoms with E-state index in [-0.39, 0.29) is 5.91 Å². The molecule has 2 rings (SSSR count). The van der Waals surface area contributed by atoms with Gasteiger partial charge in [0, 0.05) is 6.42 Å². The fourth-order valence-corrected chi connectivity index (χ4v) is 2.56. The van der Waals surface area contributed by atoms with Crippen LogP contribution in [0.5, 0.6) is 0 Å². The van der Waals surface area contributed by atoms with Crippen molar-refractivity contribution < 1.29 is 4.79 Å². The summed E-state index contributed by atoms with van der Waals surface area (Å²) in [7, 11) is 0. The van der Waals surface area contributed by atoms with Crippen molar-refractivity contribution in [1.29, 1.82) is 0 Å². The van der Waals surface area contributed by atoms with E-state index >= 15 is 0 Å². The van der Waals surface area contributed by atoms with Crippen LogP contribution in [0.3, 0.4) is 0 Å². The molecule has 2 aromatic rings. The molecular formula is C17H20ClN3O. The minimum Gasteiger partial charge on any atom is -0.353 e. The van der Waals surface area contributed by atoms with Gasteiger partial charge in [-0.15, -0.1) is 0 Å². The second-order valence-corrected chi connectivity index (χ2v) is 5.70. The number of pyridine rings is 1. The van der Waals surface area contributed by atoms with Gasteiger partial charge in [-0.05, 0) is 49.6 Å². The average Bonchev–Trinajstić information content (AvgIpc) is 2.45. The number of amides is 1. The topological polar surface area (TPSA) is 54.0 Å². The van der Waals surface area contributed by atoms with Gasteiger partial charge in [0.25, 0.3) is 0 Å². The smallest absolute Gasteiger partial charge is 0.225 e. The minimum absolute atomic E-state index is 0.0202. The number of aryl methyl sites for hydroxylation is 2. The van der Waals surface area contributed by atoms with Gasteiger partial charge in [0.15, 0.2) is 0 Å². The number of nitrogens with one attached hydrogen (secondary N) is 2. The first kappa shape index (κ1) is 16.3. The largest absolute Gasteiger partial charge is 0.353 e. The summed E-state index contributed by atoms with van der Waals surface area (Å²) in [5.41, 5.74) is 3.89. The van der Waals surface area contributed by atoms with Gasteiger partial charge in [0.2, 0.25) is 5.91 Å². The van der Waals surface area contributed by atoms with Crippen molar-refractivity contribution in [1.82, 2.24) is 4.98 Å². The number of carbonyl (C=O) groups is 1. The normalized spacial score (nSPS) is 10.4. The number of anilines is 3. The Morgan fingerprint density at radius 2 is 2.05 bits per heavy atom. The Morgan fingerprint density at radius 1 is 1.27 bits per heavy atom. The van der Waals surface area contributed by atoms with Crippen LogP contribution in [0.15, 0.2) is 30.5 Å². The maximum atomic E-state index is 11.5. The van der Waals surface area contributed by atoms with Crippen LogP contribution in [0.2, 0.25) is 5.02 Å². The maximum absolute atomic E-state index is 11.5. The minimum atomic E-state index is -0.0202. The molecule has 0 atom stereocenters. The fourth-order valence-electron chi connectivity index (χ4n) is 2.19. The van der Waals surface area contributed by atoms with Crippen LogP contribution in [0.1, 0.15) is 30.9 Å². The highest BCUT2D eigenvalue weighted by atomic mass is 35.5. The molecule has 5 heteroatoms. The van der Waals surface area contributed by atoms with Gasteiger partial charge in [0.1, 0.15) is 5.82 Å². The summed E-state index contributed by atoms with van der Waals surface area (Å²) in [5.74, 6) is 0.531. The third-order valence-corrected chi connectivity index (χ3v) is 3.51. The highest BCUT2D eigenvalue weighted by Gasteiger charge is 2.07. The van der Waals surface area contributed by atoms with E-state index in [0.29, 0.717) is 17.3 Å². The van der Waals surface area contributed by atoms with Gasteiger partial charge < -0.3 is 10.6 Å². The van der Waals surface area contributed by atoms with Crippen molar-refractivity contribution in [2.24, 2.45) is 0 Å². The third kappa shape index (κ3) is 4.21. The summed E-state index contributed by atoms with van der Waals surface area (Å²) in [6.07, 6.45) is 2.99. The van der Waals surface area contributed by atoms with Crippen LogP contribution in [0, 0.1) is 13.8 Å². The number of rotatable bonds is 5. The van der Waals surface area contributed by atoms with E-state index in [1.54, 1.807) is 12.3 Å². The summed E-state index contributed by atoms with van der Waals surface area (Å²) in [4.78, 5) is 15.8. The molecule has 0 aliphatic carbocycles.